The van der Waals surface area contributed by atoms with Gasteiger partial charge in [-0.3, -0.25) is 0 Å². The van der Waals surface area contributed by atoms with Gasteiger partial charge >= 0.3 is 0 Å². The summed E-state index contributed by atoms with van der Waals surface area (Å²) in [6.45, 7) is 6.06. The topological polar surface area (TPSA) is 18.5 Å². The minimum Gasteiger partial charge on any atom is -0.317 e. The van der Waals surface area contributed by atoms with Crippen molar-refractivity contribution in [2.24, 2.45) is 0 Å². The number of nitrogens with one attached hydrogen (secondary N) is 1. The number of nitrogens with zero attached hydrogens (tertiary/aromatic N) is 2. The van der Waals surface area contributed by atoms with Gasteiger partial charge in [-0.1, -0.05) is 6.92 Å². The molecule has 3 nitrogen and oxygen atoms in total. The first-order chi connectivity index (χ1) is 8.17. The van der Waals surface area contributed by atoms with Gasteiger partial charge in [0.1, 0.15) is 0 Å². The Balaban J connectivity index is 2.14. The van der Waals surface area contributed by atoms with E-state index in [-0.39, 0.29) is 0 Å². The lowest BCUT2D eigenvalue weighted by molar-refractivity contribution is 0.142. The fourth-order valence-electron chi connectivity index (χ4n) is 2.76. The SMILES string of the molecule is CCC(CCCN(C)C1CCN(C)CC1)NC. The van der Waals surface area contributed by atoms with E-state index in [0.717, 1.165) is 6.04 Å². The third kappa shape index (κ3) is 5.36. The molecule has 1 fully saturated rings. The molecule has 3 heteroatoms. The summed E-state index contributed by atoms with van der Waals surface area (Å²) >= 11 is 0. The molecule has 0 aromatic rings. The third-order valence-corrected chi connectivity index (χ3v) is 4.28. The molecule has 1 saturated heterocycles. The van der Waals surface area contributed by atoms with Crippen LogP contribution in [0.4, 0.5) is 0 Å². The van der Waals surface area contributed by atoms with Crippen LogP contribution in [0.2, 0.25) is 0 Å². The molecule has 1 N–H and O–H groups in total. The van der Waals surface area contributed by atoms with Crippen LogP contribution in [0, 0.1) is 0 Å². The first-order valence-electron chi connectivity index (χ1n) is 7.23. The molecule has 0 bridgehead atoms. The van der Waals surface area contributed by atoms with Gasteiger partial charge in [-0.15, -0.1) is 0 Å². The van der Waals surface area contributed by atoms with Gasteiger partial charge in [-0.2, -0.15) is 0 Å². The maximum atomic E-state index is 3.39. The number of hydrogen-bond acceptors (Lipinski definition) is 3. The highest BCUT2D eigenvalue weighted by molar-refractivity contribution is 4.77. The Bertz CT molecular complexity index is 184. The second-order valence-electron chi connectivity index (χ2n) is 5.55. The molecule has 0 aromatic heterocycles. The lowest BCUT2D eigenvalue weighted by Gasteiger charge is -2.35. The lowest BCUT2D eigenvalue weighted by atomic mass is 10.0. The van der Waals surface area contributed by atoms with Gasteiger partial charge in [0.2, 0.25) is 0 Å². The predicted octanol–water partition coefficient (Wildman–Crippen LogP) is 1.79. The van der Waals surface area contributed by atoms with Crippen LogP contribution in [0.1, 0.15) is 39.0 Å². The summed E-state index contributed by atoms with van der Waals surface area (Å²) in [7, 11) is 6.61. The Morgan fingerprint density at radius 3 is 2.53 bits per heavy atom. The van der Waals surface area contributed by atoms with Crippen molar-refractivity contribution in [1.82, 2.24) is 15.1 Å². The molecule has 1 aliphatic rings. The van der Waals surface area contributed by atoms with Crippen LogP contribution in [0.3, 0.4) is 0 Å². The van der Waals surface area contributed by atoms with Crippen molar-refractivity contribution in [3.8, 4) is 0 Å². The van der Waals surface area contributed by atoms with E-state index in [0.29, 0.717) is 6.04 Å². The van der Waals surface area contributed by atoms with E-state index < -0.39 is 0 Å². The summed E-state index contributed by atoms with van der Waals surface area (Å²) in [4.78, 5) is 5.02. The van der Waals surface area contributed by atoms with Crippen molar-refractivity contribution >= 4 is 0 Å². The predicted molar refractivity (Wildman–Crippen MR) is 75.5 cm³/mol. The van der Waals surface area contributed by atoms with Crippen molar-refractivity contribution in [2.45, 2.75) is 51.1 Å². The first-order valence-corrected chi connectivity index (χ1v) is 7.23. The number of piperidine rings is 1. The molecular formula is C14H31N3. The molecule has 1 unspecified atom stereocenters. The average molecular weight is 241 g/mol. The highest BCUT2D eigenvalue weighted by Crippen LogP contribution is 2.14. The van der Waals surface area contributed by atoms with E-state index in [1.807, 2.05) is 0 Å². The largest absolute Gasteiger partial charge is 0.317 e. The molecule has 0 aromatic carbocycles. The Labute approximate surface area is 108 Å². The summed E-state index contributed by atoms with van der Waals surface area (Å²) in [6.07, 6.45) is 6.56. The van der Waals surface area contributed by atoms with Gasteiger partial charge in [-0.05, 0) is 72.9 Å². The van der Waals surface area contributed by atoms with E-state index in [2.05, 4.69) is 43.2 Å². The van der Waals surface area contributed by atoms with Gasteiger partial charge in [0.05, 0.1) is 0 Å². The van der Waals surface area contributed by atoms with Gasteiger partial charge in [0.15, 0.2) is 0 Å². The summed E-state index contributed by atoms with van der Waals surface area (Å²) in [5, 5.41) is 3.39. The standard InChI is InChI=1S/C14H31N3/c1-5-13(15-2)7-6-10-17(4)14-8-11-16(3)12-9-14/h13-15H,5-12H2,1-4H3. The quantitative estimate of drug-likeness (QED) is 0.733. The zero-order valence-electron chi connectivity index (χ0n) is 12.2. The Kier molecular flexibility index (Phi) is 7.09. The lowest BCUT2D eigenvalue weighted by Crippen LogP contribution is -2.42. The van der Waals surface area contributed by atoms with Crippen molar-refractivity contribution in [3.63, 3.8) is 0 Å². The minimum atomic E-state index is 0.709. The van der Waals surface area contributed by atoms with Crippen LogP contribution in [0.5, 0.6) is 0 Å². The molecule has 0 saturated carbocycles. The minimum absolute atomic E-state index is 0.709. The molecule has 1 atom stereocenters. The Morgan fingerprint density at radius 1 is 1.35 bits per heavy atom. The molecular weight excluding hydrogens is 210 g/mol. The molecule has 1 aliphatic heterocycles. The summed E-state index contributed by atoms with van der Waals surface area (Å²) in [5.74, 6) is 0. The maximum absolute atomic E-state index is 3.39. The Hall–Kier alpha value is -0.120. The first kappa shape index (κ1) is 14.9. The van der Waals surface area contributed by atoms with Crippen molar-refractivity contribution in [3.05, 3.63) is 0 Å². The van der Waals surface area contributed by atoms with Crippen LogP contribution < -0.4 is 5.32 Å². The zero-order valence-corrected chi connectivity index (χ0v) is 12.2. The zero-order chi connectivity index (χ0) is 12.7. The van der Waals surface area contributed by atoms with Gasteiger partial charge in [0, 0.05) is 12.1 Å². The molecule has 1 rings (SSSR count). The van der Waals surface area contributed by atoms with E-state index in [1.54, 1.807) is 0 Å². The van der Waals surface area contributed by atoms with Crippen LogP contribution in [0.15, 0.2) is 0 Å². The van der Waals surface area contributed by atoms with Crippen LogP contribution >= 0.6 is 0 Å². The summed E-state index contributed by atoms with van der Waals surface area (Å²) in [6, 6.07) is 1.53. The number of likely N-dealkylation sites (tertiary alicyclic amines) is 1. The fourth-order valence-corrected chi connectivity index (χ4v) is 2.76. The van der Waals surface area contributed by atoms with E-state index in [9.17, 15) is 0 Å². The molecule has 0 amide bonds. The molecule has 17 heavy (non-hydrogen) atoms. The second-order valence-corrected chi connectivity index (χ2v) is 5.55. The molecule has 0 spiro atoms. The molecule has 1 heterocycles. The van der Waals surface area contributed by atoms with Crippen LogP contribution in [0.25, 0.3) is 0 Å². The molecule has 102 valence electrons. The van der Waals surface area contributed by atoms with E-state index in [4.69, 9.17) is 0 Å². The van der Waals surface area contributed by atoms with Crippen LogP contribution in [-0.2, 0) is 0 Å². The van der Waals surface area contributed by atoms with E-state index >= 15 is 0 Å². The normalized spacial score (nSPS) is 21.0. The second kappa shape index (κ2) is 8.06. The van der Waals surface area contributed by atoms with Crippen molar-refractivity contribution in [1.29, 1.82) is 0 Å². The Morgan fingerprint density at radius 2 is 2.00 bits per heavy atom. The van der Waals surface area contributed by atoms with Crippen molar-refractivity contribution < 1.29 is 0 Å². The molecule has 0 radical (unpaired) electrons. The van der Waals surface area contributed by atoms with E-state index in [1.165, 1.54) is 51.7 Å². The number of hydrogen-bond donors (Lipinski definition) is 1. The van der Waals surface area contributed by atoms with Gasteiger partial charge in [-0.25, -0.2) is 0 Å². The summed E-state index contributed by atoms with van der Waals surface area (Å²) < 4.78 is 0. The smallest absolute Gasteiger partial charge is 0.0117 e. The maximum Gasteiger partial charge on any atom is 0.0117 e. The molecule has 0 aliphatic carbocycles. The highest BCUT2D eigenvalue weighted by atomic mass is 15.2. The van der Waals surface area contributed by atoms with Gasteiger partial charge < -0.3 is 15.1 Å². The average Bonchev–Trinajstić information content (AvgIpc) is 2.35. The van der Waals surface area contributed by atoms with Gasteiger partial charge in [0.25, 0.3) is 0 Å². The monoisotopic (exact) mass is 241 g/mol. The summed E-state index contributed by atoms with van der Waals surface area (Å²) in [5.41, 5.74) is 0. The fraction of sp³-hybridized carbons (Fsp3) is 1.00. The highest BCUT2D eigenvalue weighted by Gasteiger charge is 2.20. The number of rotatable bonds is 7. The third-order valence-electron chi connectivity index (χ3n) is 4.28. The van der Waals surface area contributed by atoms with Crippen molar-refractivity contribution in [2.75, 3.05) is 40.8 Å². The van der Waals surface area contributed by atoms with Crippen LogP contribution in [-0.4, -0.2) is 62.7 Å².